The summed E-state index contributed by atoms with van der Waals surface area (Å²) >= 11 is 6.12. The lowest BCUT2D eigenvalue weighted by Gasteiger charge is -2.39. The third kappa shape index (κ3) is 4.02. The van der Waals surface area contributed by atoms with Crippen LogP contribution in [-0.2, 0) is 16.0 Å². The van der Waals surface area contributed by atoms with Crippen molar-refractivity contribution >= 4 is 17.4 Å². The number of carbonyl (C=O) groups excluding carboxylic acids is 1. The highest BCUT2D eigenvalue weighted by Gasteiger charge is 2.74. The standard InChI is InChI=1S/C25H20ClFO5.2C2H6/c1-30-18-11-20(31-2)23-21(12-18)32-25(15-6-8-16(26)9-7-15)19(13-22(28)24(23,25)29)14-4-3-5-17(27)10-14;2*1-2/h3-12,19,29H,13H2,1-2H3;2*1-2H3. The van der Waals surface area contributed by atoms with Crippen molar-refractivity contribution in [2.45, 2.75) is 51.2 Å². The molecule has 2 aliphatic rings. The van der Waals surface area contributed by atoms with Gasteiger partial charge in [-0.25, -0.2) is 4.39 Å². The first-order valence-corrected chi connectivity index (χ1v) is 12.5. The molecule has 0 amide bonds. The first-order valence-electron chi connectivity index (χ1n) is 12.1. The Morgan fingerprint density at radius 3 is 2.25 bits per heavy atom. The molecule has 0 aromatic heterocycles. The highest BCUT2D eigenvalue weighted by atomic mass is 35.5. The average Bonchev–Trinajstić information content (AvgIpc) is 3.31. The van der Waals surface area contributed by atoms with Gasteiger partial charge in [0.05, 0.1) is 19.8 Å². The van der Waals surface area contributed by atoms with Crippen molar-refractivity contribution in [2.75, 3.05) is 14.2 Å². The van der Waals surface area contributed by atoms with E-state index in [1.165, 1.54) is 26.4 Å². The van der Waals surface area contributed by atoms with Gasteiger partial charge in [-0.3, -0.25) is 4.79 Å². The summed E-state index contributed by atoms with van der Waals surface area (Å²) in [6.45, 7) is 8.00. The van der Waals surface area contributed by atoms with E-state index in [4.69, 9.17) is 25.8 Å². The zero-order valence-electron chi connectivity index (χ0n) is 21.4. The van der Waals surface area contributed by atoms with Crippen LogP contribution in [0.4, 0.5) is 4.39 Å². The number of benzene rings is 3. The molecule has 1 aliphatic heterocycles. The minimum atomic E-state index is -2.06. The van der Waals surface area contributed by atoms with Gasteiger partial charge in [-0.15, -0.1) is 0 Å². The van der Waals surface area contributed by atoms with E-state index in [0.29, 0.717) is 21.9 Å². The molecule has 36 heavy (non-hydrogen) atoms. The minimum absolute atomic E-state index is 0.0444. The van der Waals surface area contributed by atoms with Gasteiger partial charge in [-0.1, -0.05) is 63.6 Å². The molecule has 7 heteroatoms. The Hall–Kier alpha value is -3.09. The Morgan fingerprint density at radius 1 is 1.00 bits per heavy atom. The summed E-state index contributed by atoms with van der Waals surface area (Å²) in [6, 6.07) is 16.0. The Kier molecular flexibility index (Phi) is 8.32. The van der Waals surface area contributed by atoms with Crippen LogP contribution >= 0.6 is 11.6 Å². The summed E-state index contributed by atoms with van der Waals surface area (Å²) in [6.07, 6.45) is -0.0444. The van der Waals surface area contributed by atoms with Crippen LogP contribution in [0.25, 0.3) is 0 Å². The monoisotopic (exact) mass is 514 g/mol. The van der Waals surface area contributed by atoms with Crippen molar-refractivity contribution in [3.8, 4) is 17.2 Å². The van der Waals surface area contributed by atoms with Crippen LogP contribution in [0.3, 0.4) is 0 Å². The summed E-state index contributed by atoms with van der Waals surface area (Å²) in [4.78, 5) is 13.5. The van der Waals surface area contributed by atoms with Crippen molar-refractivity contribution in [2.24, 2.45) is 0 Å². The number of hydrogen-bond donors (Lipinski definition) is 1. The number of rotatable bonds is 4. The lowest BCUT2D eigenvalue weighted by Crippen LogP contribution is -2.50. The second kappa shape index (κ2) is 10.9. The van der Waals surface area contributed by atoms with Crippen molar-refractivity contribution < 1.29 is 28.5 Å². The largest absolute Gasteiger partial charge is 0.496 e. The van der Waals surface area contributed by atoms with E-state index in [1.807, 2.05) is 27.7 Å². The Labute approximate surface area is 216 Å². The van der Waals surface area contributed by atoms with Crippen LogP contribution in [0, 0.1) is 5.82 Å². The van der Waals surface area contributed by atoms with Gasteiger partial charge in [0, 0.05) is 29.5 Å². The van der Waals surface area contributed by atoms with Gasteiger partial charge in [0.1, 0.15) is 23.1 Å². The van der Waals surface area contributed by atoms with E-state index >= 15 is 0 Å². The number of hydrogen-bond acceptors (Lipinski definition) is 5. The van der Waals surface area contributed by atoms with Gasteiger partial charge in [0.25, 0.3) is 0 Å². The van der Waals surface area contributed by atoms with E-state index in [0.717, 1.165) is 0 Å². The lowest BCUT2D eigenvalue weighted by atomic mass is 9.71. The predicted molar refractivity (Wildman–Crippen MR) is 139 cm³/mol. The van der Waals surface area contributed by atoms with Gasteiger partial charge < -0.3 is 19.3 Å². The Balaban J connectivity index is 0.000000861. The normalized spacial score (nSPS) is 23.2. The molecule has 3 aromatic rings. The van der Waals surface area contributed by atoms with Crippen molar-refractivity contribution in [3.63, 3.8) is 0 Å². The Morgan fingerprint density at radius 2 is 1.67 bits per heavy atom. The number of aliphatic hydroxyl groups is 1. The molecule has 1 N–H and O–H groups in total. The molecule has 0 saturated heterocycles. The Bertz CT molecular complexity index is 1230. The molecular formula is C29H32ClFO5. The van der Waals surface area contributed by atoms with Gasteiger partial charge in [0.15, 0.2) is 17.0 Å². The SMILES string of the molecule is CC.CC.COc1cc(OC)c2c(c1)OC1(c3ccc(Cl)cc3)C(c3cccc(F)c3)CC(=O)C21O. The van der Waals surface area contributed by atoms with Gasteiger partial charge in [0.2, 0.25) is 0 Å². The number of carbonyl (C=O) groups is 1. The molecule has 0 bridgehead atoms. The summed E-state index contributed by atoms with van der Waals surface area (Å²) in [5, 5.41) is 12.7. The third-order valence-electron chi connectivity index (χ3n) is 6.47. The first-order chi connectivity index (χ1) is 17.3. The molecule has 1 aliphatic carbocycles. The van der Waals surface area contributed by atoms with Gasteiger partial charge in [-0.2, -0.15) is 0 Å². The summed E-state index contributed by atoms with van der Waals surface area (Å²) in [5.74, 6) is -0.556. The van der Waals surface area contributed by atoms with Crippen molar-refractivity contribution in [1.29, 1.82) is 0 Å². The zero-order chi connectivity index (χ0) is 26.7. The van der Waals surface area contributed by atoms with Crippen LogP contribution < -0.4 is 14.2 Å². The highest BCUT2D eigenvalue weighted by Crippen LogP contribution is 2.67. The number of methoxy groups -OCH3 is 2. The molecule has 3 unspecified atom stereocenters. The van der Waals surface area contributed by atoms with Gasteiger partial charge >= 0.3 is 0 Å². The highest BCUT2D eigenvalue weighted by molar-refractivity contribution is 6.30. The second-order valence-corrected chi connectivity index (χ2v) is 8.43. The molecule has 1 fully saturated rings. The fourth-order valence-electron chi connectivity index (χ4n) is 5.10. The van der Waals surface area contributed by atoms with E-state index in [1.54, 1.807) is 48.5 Å². The van der Waals surface area contributed by atoms with E-state index in [-0.39, 0.29) is 23.5 Å². The maximum absolute atomic E-state index is 14.2. The molecule has 192 valence electrons. The molecule has 0 spiro atoms. The van der Waals surface area contributed by atoms with Crippen LogP contribution in [-0.4, -0.2) is 25.1 Å². The minimum Gasteiger partial charge on any atom is -0.496 e. The van der Waals surface area contributed by atoms with E-state index < -0.39 is 28.7 Å². The second-order valence-electron chi connectivity index (χ2n) is 7.99. The van der Waals surface area contributed by atoms with Crippen LogP contribution in [0.15, 0.2) is 60.7 Å². The fraction of sp³-hybridized carbons (Fsp3) is 0.345. The van der Waals surface area contributed by atoms with Crippen molar-refractivity contribution in [1.82, 2.24) is 0 Å². The number of Topliss-reactive ketones (excluding diaryl/α,β-unsaturated/α-hetero) is 1. The van der Waals surface area contributed by atoms with Crippen LogP contribution in [0.1, 0.15) is 56.7 Å². The molecule has 0 radical (unpaired) electrons. The van der Waals surface area contributed by atoms with Crippen LogP contribution in [0.2, 0.25) is 5.02 Å². The number of ketones is 1. The predicted octanol–water partition coefficient (Wildman–Crippen LogP) is 6.78. The quantitative estimate of drug-likeness (QED) is 0.415. The summed E-state index contributed by atoms with van der Waals surface area (Å²) in [7, 11) is 2.95. The maximum atomic E-state index is 14.2. The third-order valence-corrected chi connectivity index (χ3v) is 6.73. The summed E-state index contributed by atoms with van der Waals surface area (Å²) in [5.41, 5.74) is -2.29. The molecule has 3 atom stereocenters. The average molecular weight is 515 g/mol. The smallest absolute Gasteiger partial charge is 0.200 e. The van der Waals surface area contributed by atoms with Gasteiger partial charge in [-0.05, 0) is 35.4 Å². The van der Waals surface area contributed by atoms with Crippen molar-refractivity contribution in [3.05, 3.63) is 88.2 Å². The number of ether oxygens (including phenoxy) is 3. The molecule has 5 rings (SSSR count). The fourth-order valence-corrected chi connectivity index (χ4v) is 5.23. The molecule has 5 nitrogen and oxygen atoms in total. The van der Waals surface area contributed by atoms with Crippen LogP contribution in [0.5, 0.6) is 17.2 Å². The molecule has 1 heterocycles. The maximum Gasteiger partial charge on any atom is 0.200 e. The molecular weight excluding hydrogens is 483 g/mol. The van der Waals surface area contributed by atoms with E-state index in [9.17, 15) is 14.3 Å². The number of fused-ring (bicyclic) bond motifs is 3. The topological polar surface area (TPSA) is 65.0 Å². The molecule has 1 saturated carbocycles. The van der Waals surface area contributed by atoms with E-state index in [2.05, 4.69) is 0 Å². The number of halogens is 2. The summed E-state index contributed by atoms with van der Waals surface area (Å²) < 4.78 is 31.6. The zero-order valence-corrected chi connectivity index (χ0v) is 22.2. The molecule has 3 aromatic carbocycles. The lowest BCUT2D eigenvalue weighted by molar-refractivity contribution is -0.151. The first kappa shape index (κ1) is 27.5.